The summed E-state index contributed by atoms with van der Waals surface area (Å²) >= 11 is 0. The summed E-state index contributed by atoms with van der Waals surface area (Å²) in [6.45, 7) is 0.211. The van der Waals surface area contributed by atoms with Crippen molar-refractivity contribution >= 4 is 0 Å². The first-order valence-electron chi connectivity index (χ1n) is 2.20. The molecule has 1 aliphatic rings. The molecule has 1 saturated heterocycles. The maximum atomic E-state index is 10.2. The van der Waals surface area contributed by atoms with Crippen molar-refractivity contribution in [1.29, 1.82) is 0 Å². The largest absolute Gasteiger partial charge is 0.851 e. The minimum atomic E-state index is -1.01. The Morgan fingerprint density at radius 3 is 1.71 bits per heavy atom. The molecule has 0 aromatic carbocycles. The van der Waals surface area contributed by atoms with Crippen molar-refractivity contribution in [3.05, 3.63) is 0 Å². The molecule has 0 amide bonds. The predicted molar refractivity (Wildman–Crippen MR) is 18.4 cm³/mol. The van der Waals surface area contributed by atoms with Gasteiger partial charge in [-0.15, -0.1) is 12.2 Å². The molecular formula is C4H6O3-2. The summed E-state index contributed by atoms with van der Waals surface area (Å²) in [5, 5.41) is 20.4. The van der Waals surface area contributed by atoms with Crippen molar-refractivity contribution in [2.45, 2.75) is 12.2 Å². The van der Waals surface area contributed by atoms with Crippen molar-refractivity contribution < 1.29 is 14.9 Å². The van der Waals surface area contributed by atoms with Crippen molar-refractivity contribution in [2.75, 3.05) is 13.2 Å². The lowest BCUT2D eigenvalue weighted by Gasteiger charge is -2.26. The quantitative estimate of drug-likeness (QED) is 0.339. The van der Waals surface area contributed by atoms with Crippen LogP contribution in [0.2, 0.25) is 0 Å². The van der Waals surface area contributed by atoms with E-state index >= 15 is 0 Å². The van der Waals surface area contributed by atoms with Crippen molar-refractivity contribution in [1.82, 2.24) is 0 Å². The molecule has 0 aromatic rings. The Balaban J connectivity index is 2.33. The van der Waals surface area contributed by atoms with E-state index in [1.54, 1.807) is 0 Å². The van der Waals surface area contributed by atoms with E-state index in [-0.39, 0.29) is 13.2 Å². The minimum Gasteiger partial charge on any atom is -0.851 e. The van der Waals surface area contributed by atoms with Gasteiger partial charge in [0, 0.05) is 13.2 Å². The molecular weight excluding hydrogens is 96.0 g/mol. The van der Waals surface area contributed by atoms with Crippen molar-refractivity contribution in [2.24, 2.45) is 0 Å². The van der Waals surface area contributed by atoms with Gasteiger partial charge in [0.25, 0.3) is 0 Å². The zero-order valence-electron chi connectivity index (χ0n) is 3.79. The van der Waals surface area contributed by atoms with Gasteiger partial charge in [0.05, 0.1) is 0 Å². The molecule has 0 saturated carbocycles. The highest BCUT2D eigenvalue weighted by Crippen LogP contribution is 1.96. The Hall–Kier alpha value is -0.120. The van der Waals surface area contributed by atoms with E-state index in [0.717, 1.165) is 0 Å². The van der Waals surface area contributed by atoms with E-state index in [0.29, 0.717) is 0 Å². The van der Waals surface area contributed by atoms with Gasteiger partial charge in [0.15, 0.2) is 0 Å². The lowest BCUT2D eigenvalue weighted by atomic mass is 10.3. The molecule has 3 heteroatoms. The molecule has 0 N–H and O–H groups in total. The molecule has 0 aliphatic carbocycles. The molecule has 0 unspecified atom stereocenters. The van der Waals surface area contributed by atoms with E-state index in [9.17, 15) is 10.2 Å². The van der Waals surface area contributed by atoms with Gasteiger partial charge in [-0.05, 0) is 0 Å². The number of rotatable bonds is 0. The second-order valence-electron chi connectivity index (χ2n) is 1.61. The summed E-state index contributed by atoms with van der Waals surface area (Å²) in [5.74, 6) is 0. The lowest BCUT2D eigenvalue weighted by molar-refractivity contribution is -0.515. The molecule has 1 aliphatic heterocycles. The maximum absolute atomic E-state index is 10.2. The van der Waals surface area contributed by atoms with Gasteiger partial charge in [-0.1, -0.05) is 0 Å². The zero-order chi connectivity index (χ0) is 5.28. The monoisotopic (exact) mass is 102 g/mol. The molecule has 7 heavy (non-hydrogen) atoms. The highest BCUT2D eigenvalue weighted by molar-refractivity contribution is 4.68. The van der Waals surface area contributed by atoms with Gasteiger partial charge < -0.3 is 14.9 Å². The van der Waals surface area contributed by atoms with Gasteiger partial charge in [0.2, 0.25) is 0 Å². The number of ether oxygens (including phenoxy) is 1. The summed E-state index contributed by atoms with van der Waals surface area (Å²) in [4.78, 5) is 0. The van der Waals surface area contributed by atoms with Crippen LogP contribution < -0.4 is 10.2 Å². The lowest BCUT2D eigenvalue weighted by Crippen LogP contribution is -2.45. The van der Waals surface area contributed by atoms with Crippen LogP contribution in [0.3, 0.4) is 0 Å². The van der Waals surface area contributed by atoms with Crippen LogP contribution in [0, 0.1) is 0 Å². The topological polar surface area (TPSA) is 55.3 Å². The van der Waals surface area contributed by atoms with E-state index < -0.39 is 12.2 Å². The van der Waals surface area contributed by atoms with Crippen LogP contribution in [0.25, 0.3) is 0 Å². The van der Waals surface area contributed by atoms with E-state index in [1.807, 2.05) is 0 Å². The first kappa shape index (κ1) is 5.03. The van der Waals surface area contributed by atoms with Crippen molar-refractivity contribution in [3.8, 4) is 0 Å². The first-order chi connectivity index (χ1) is 3.30. The normalized spacial score (nSPS) is 42.0. The van der Waals surface area contributed by atoms with E-state index in [1.165, 1.54) is 0 Å². The van der Waals surface area contributed by atoms with E-state index in [2.05, 4.69) is 4.74 Å². The fraction of sp³-hybridized carbons (Fsp3) is 1.00. The van der Waals surface area contributed by atoms with Gasteiger partial charge in [-0.25, -0.2) is 0 Å². The van der Waals surface area contributed by atoms with Gasteiger partial charge in [-0.2, -0.15) is 0 Å². The highest BCUT2D eigenvalue weighted by Gasteiger charge is 2.06. The highest BCUT2D eigenvalue weighted by atomic mass is 16.5. The van der Waals surface area contributed by atoms with Crippen LogP contribution in [0.4, 0.5) is 0 Å². The smallest absolute Gasteiger partial charge is 0.0331 e. The van der Waals surface area contributed by atoms with Crippen LogP contribution >= 0.6 is 0 Å². The Kier molecular flexibility index (Phi) is 1.27. The van der Waals surface area contributed by atoms with Crippen molar-refractivity contribution in [3.63, 3.8) is 0 Å². The zero-order valence-corrected chi connectivity index (χ0v) is 3.79. The third kappa shape index (κ3) is 0.907. The third-order valence-corrected chi connectivity index (χ3v) is 0.979. The fourth-order valence-electron chi connectivity index (χ4n) is 0.515. The molecule has 1 heterocycles. The number of hydrogen-bond donors (Lipinski definition) is 0. The molecule has 0 radical (unpaired) electrons. The van der Waals surface area contributed by atoms with Crippen LogP contribution in [0.1, 0.15) is 0 Å². The average Bonchev–Trinajstić information content (AvgIpc) is 1.91. The summed E-state index contributed by atoms with van der Waals surface area (Å²) in [6.07, 6.45) is -2.03. The summed E-state index contributed by atoms with van der Waals surface area (Å²) in [5.41, 5.74) is 0. The Morgan fingerprint density at radius 1 is 1.14 bits per heavy atom. The molecule has 1 rings (SSSR count). The Bertz CT molecular complexity index is 56.0. The summed E-state index contributed by atoms with van der Waals surface area (Å²) in [6, 6.07) is 0. The van der Waals surface area contributed by atoms with Crippen LogP contribution in [-0.4, -0.2) is 25.4 Å². The van der Waals surface area contributed by atoms with Crippen LogP contribution in [-0.2, 0) is 4.74 Å². The third-order valence-electron chi connectivity index (χ3n) is 0.979. The second kappa shape index (κ2) is 1.78. The van der Waals surface area contributed by atoms with Crippen LogP contribution in [0.5, 0.6) is 0 Å². The molecule has 42 valence electrons. The molecule has 0 bridgehead atoms. The molecule has 0 spiro atoms. The summed E-state index contributed by atoms with van der Waals surface area (Å²) < 4.78 is 4.54. The fourth-order valence-corrected chi connectivity index (χ4v) is 0.515. The minimum absolute atomic E-state index is 0.105. The standard InChI is InChI=1S/C4H6O3/c5-3-1-7-2-4(3)6/h3-4H,1-2H2/q-2/t3-,4+. The van der Waals surface area contributed by atoms with Gasteiger partial charge in [0.1, 0.15) is 0 Å². The Morgan fingerprint density at radius 2 is 1.57 bits per heavy atom. The average molecular weight is 102 g/mol. The van der Waals surface area contributed by atoms with Crippen LogP contribution in [0.15, 0.2) is 0 Å². The maximum Gasteiger partial charge on any atom is 0.0331 e. The SMILES string of the molecule is [O-][C@@H]1COC[C@@H]1[O-]. The van der Waals surface area contributed by atoms with E-state index in [4.69, 9.17) is 0 Å². The molecule has 1 fully saturated rings. The molecule has 2 atom stereocenters. The second-order valence-corrected chi connectivity index (χ2v) is 1.61. The van der Waals surface area contributed by atoms with Gasteiger partial charge >= 0.3 is 0 Å². The summed E-state index contributed by atoms with van der Waals surface area (Å²) in [7, 11) is 0. The van der Waals surface area contributed by atoms with Gasteiger partial charge in [-0.3, -0.25) is 0 Å². The number of hydrogen-bond acceptors (Lipinski definition) is 3. The Labute approximate surface area is 41.5 Å². The first-order valence-corrected chi connectivity index (χ1v) is 2.20. The molecule has 0 aromatic heterocycles. The molecule has 3 nitrogen and oxygen atoms in total. The predicted octanol–water partition coefficient (Wildman–Crippen LogP) is -2.53.